The molecule has 2 nitrogen and oxygen atoms in total. The molecule has 0 aliphatic rings. The van der Waals surface area contributed by atoms with Gasteiger partial charge in [-0.2, -0.15) is 0 Å². The first kappa shape index (κ1) is 20.9. The van der Waals surface area contributed by atoms with E-state index >= 15 is 0 Å². The maximum absolute atomic E-state index is 14.8. The van der Waals surface area contributed by atoms with Gasteiger partial charge in [-0.05, 0) is 54.2 Å². The lowest BCUT2D eigenvalue weighted by molar-refractivity contribution is 0.146. The van der Waals surface area contributed by atoms with E-state index in [0.717, 1.165) is 41.7 Å². The van der Waals surface area contributed by atoms with E-state index < -0.39 is 0 Å². The molecular weight excluding hydrogens is 339 g/mol. The first-order valence-corrected chi connectivity index (χ1v) is 9.59. The number of ether oxygens (including phenoxy) is 1. The molecule has 2 aromatic carbocycles. The normalized spacial score (nSPS) is 12.3. The zero-order valence-electron chi connectivity index (χ0n) is 16.5. The fourth-order valence-corrected chi connectivity index (χ4v) is 2.98. The highest BCUT2D eigenvalue weighted by Crippen LogP contribution is 2.28. The fourth-order valence-electron chi connectivity index (χ4n) is 2.98. The molecule has 2 rings (SSSR count). The number of halogens is 1. The second kappa shape index (κ2) is 10.7. The molecule has 0 saturated heterocycles. The Hall–Kier alpha value is -2.39. The van der Waals surface area contributed by atoms with Gasteiger partial charge in [0.25, 0.3) is 0 Å². The molecule has 1 N–H and O–H groups in total. The van der Waals surface area contributed by atoms with Crippen molar-refractivity contribution in [3.05, 3.63) is 77.3 Å². The van der Waals surface area contributed by atoms with Crippen LogP contribution >= 0.6 is 0 Å². The number of aliphatic hydroxyl groups excluding tert-OH is 1. The van der Waals surface area contributed by atoms with Crippen LogP contribution in [0.1, 0.15) is 44.7 Å². The Morgan fingerprint density at radius 1 is 1.07 bits per heavy atom. The number of aliphatic hydroxyl groups is 1. The van der Waals surface area contributed by atoms with Crippen LogP contribution in [0.5, 0.6) is 0 Å². The van der Waals surface area contributed by atoms with Crippen LogP contribution in [-0.4, -0.2) is 18.3 Å². The first-order chi connectivity index (χ1) is 13.1. The molecule has 27 heavy (non-hydrogen) atoms. The summed E-state index contributed by atoms with van der Waals surface area (Å²) in [5.41, 5.74) is 4.70. The Morgan fingerprint density at radius 3 is 2.41 bits per heavy atom. The van der Waals surface area contributed by atoms with Crippen molar-refractivity contribution in [2.75, 3.05) is 13.2 Å². The summed E-state index contributed by atoms with van der Waals surface area (Å²) in [5.74, 6) is 0.506. The number of allylic oxidation sites excluding steroid dienone is 4. The third kappa shape index (κ3) is 6.07. The lowest BCUT2D eigenvalue weighted by Gasteiger charge is -2.10. The van der Waals surface area contributed by atoms with Gasteiger partial charge in [0.15, 0.2) is 0 Å². The van der Waals surface area contributed by atoms with Gasteiger partial charge in [-0.15, -0.1) is 0 Å². The van der Waals surface area contributed by atoms with Crippen molar-refractivity contribution in [1.82, 2.24) is 0 Å². The molecule has 0 fully saturated rings. The van der Waals surface area contributed by atoms with Crippen molar-refractivity contribution >= 4 is 5.57 Å². The number of rotatable bonds is 9. The molecule has 0 spiro atoms. The van der Waals surface area contributed by atoms with Gasteiger partial charge < -0.3 is 9.84 Å². The monoisotopic (exact) mass is 368 g/mol. The largest absolute Gasteiger partial charge is 0.496 e. The van der Waals surface area contributed by atoms with E-state index in [4.69, 9.17) is 9.84 Å². The molecule has 0 aliphatic heterocycles. The Bertz CT molecular complexity index is 789. The van der Waals surface area contributed by atoms with Gasteiger partial charge in [-0.3, -0.25) is 0 Å². The second-order valence-electron chi connectivity index (χ2n) is 6.54. The topological polar surface area (TPSA) is 29.5 Å². The maximum Gasteiger partial charge on any atom is 0.131 e. The molecule has 0 amide bonds. The number of aryl methyl sites for hydroxylation is 1. The highest BCUT2D eigenvalue weighted by molar-refractivity contribution is 5.72. The molecule has 2 aromatic rings. The van der Waals surface area contributed by atoms with Crippen molar-refractivity contribution in [2.45, 2.75) is 40.0 Å². The van der Waals surface area contributed by atoms with E-state index in [-0.39, 0.29) is 19.0 Å². The van der Waals surface area contributed by atoms with E-state index in [0.29, 0.717) is 5.56 Å². The molecular formula is C24H29FO2. The summed E-state index contributed by atoms with van der Waals surface area (Å²) in [4.78, 5) is 0. The standard InChI is InChI=1S/C24H29FO2/c1-4-6-19-8-11-21(12-9-19)23-14-13-22(17-24(23)25)20(5-2)10-7-18(3)27-16-15-26/h7-14,17,26H,4-6,15-16H2,1-3H3. The average Bonchev–Trinajstić information content (AvgIpc) is 2.68. The summed E-state index contributed by atoms with van der Waals surface area (Å²) >= 11 is 0. The maximum atomic E-state index is 14.8. The molecule has 0 bridgehead atoms. The van der Waals surface area contributed by atoms with Crippen LogP contribution in [-0.2, 0) is 11.2 Å². The Balaban J connectivity index is 2.23. The van der Waals surface area contributed by atoms with Crippen LogP contribution in [0.4, 0.5) is 4.39 Å². The number of benzene rings is 2. The minimum atomic E-state index is -0.215. The average molecular weight is 368 g/mol. The lowest BCUT2D eigenvalue weighted by Crippen LogP contribution is -1.96. The summed E-state index contributed by atoms with van der Waals surface area (Å²) in [6.07, 6.45) is 6.73. The van der Waals surface area contributed by atoms with Crippen molar-refractivity contribution in [3.63, 3.8) is 0 Å². The molecule has 0 unspecified atom stereocenters. The molecule has 0 aromatic heterocycles. The molecule has 0 saturated carbocycles. The lowest BCUT2D eigenvalue weighted by atomic mass is 9.97. The summed E-state index contributed by atoms with van der Waals surface area (Å²) in [6, 6.07) is 13.5. The molecule has 144 valence electrons. The zero-order valence-corrected chi connectivity index (χ0v) is 16.5. The second-order valence-corrected chi connectivity index (χ2v) is 6.54. The predicted octanol–water partition coefficient (Wildman–Crippen LogP) is 6.15. The van der Waals surface area contributed by atoms with Gasteiger partial charge in [-0.25, -0.2) is 4.39 Å². The van der Waals surface area contributed by atoms with Gasteiger partial charge in [-0.1, -0.05) is 62.7 Å². The van der Waals surface area contributed by atoms with E-state index in [9.17, 15) is 4.39 Å². The Kier molecular flexibility index (Phi) is 8.28. The summed E-state index contributed by atoms with van der Waals surface area (Å²) in [5, 5.41) is 8.80. The summed E-state index contributed by atoms with van der Waals surface area (Å²) in [6.45, 7) is 6.30. The van der Waals surface area contributed by atoms with Crippen molar-refractivity contribution in [3.8, 4) is 11.1 Å². The Morgan fingerprint density at radius 2 is 1.81 bits per heavy atom. The first-order valence-electron chi connectivity index (χ1n) is 9.59. The smallest absolute Gasteiger partial charge is 0.131 e. The molecule has 0 atom stereocenters. The van der Waals surface area contributed by atoms with E-state index in [1.54, 1.807) is 6.07 Å². The molecule has 0 radical (unpaired) electrons. The van der Waals surface area contributed by atoms with E-state index in [1.165, 1.54) is 5.56 Å². The van der Waals surface area contributed by atoms with Gasteiger partial charge in [0.2, 0.25) is 0 Å². The molecule has 0 aliphatic carbocycles. The SMILES string of the molecule is CCCc1ccc(-c2ccc(C(=CC=C(C)OCCO)CC)cc2F)cc1. The highest BCUT2D eigenvalue weighted by atomic mass is 19.1. The number of hydrogen-bond donors (Lipinski definition) is 1. The zero-order chi connectivity index (χ0) is 19.6. The van der Waals surface area contributed by atoms with Crippen molar-refractivity contribution in [2.24, 2.45) is 0 Å². The van der Waals surface area contributed by atoms with Gasteiger partial charge in [0.05, 0.1) is 12.4 Å². The summed E-state index contributed by atoms with van der Waals surface area (Å²) in [7, 11) is 0. The number of hydrogen-bond acceptors (Lipinski definition) is 2. The van der Waals surface area contributed by atoms with Crippen molar-refractivity contribution < 1.29 is 14.2 Å². The van der Waals surface area contributed by atoms with Crippen LogP contribution in [0.15, 0.2) is 60.4 Å². The van der Waals surface area contributed by atoms with Gasteiger partial charge in [0.1, 0.15) is 12.4 Å². The van der Waals surface area contributed by atoms with Crippen LogP contribution < -0.4 is 0 Å². The minimum Gasteiger partial charge on any atom is -0.496 e. The molecule has 0 heterocycles. The van der Waals surface area contributed by atoms with E-state index in [1.807, 2.05) is 50.3 Å². The third-order valence-corrected chi connectivity index (χ3v) is 4.46. The van der Waals surface area contributed by atoms with Crippen LogP contribution in [0.2, 0.25) is 0 Å². The molecule has 3 heteroatoms. The fraction of sp³-hybridized carbons (Fsp3) is 0.333. The van der Waals surface area contributed by atoms with Crippen molar-refractivity contribution in [1.29, 1.82) is 0 Å². The summed E-state index contributed by atoms with van der Waals surface area (Å²) < 4.78 is 20.1. The van der Waals surface area contributed by atoms with Crippen LogP contribution in [0.3, 0.4) is 0 Å². The van der Waals surface area contributed by atoms with Gasteiger partial charge >= 0.3 is 0 Å². The van der Waals surface area contributed by atoms with E-state index in [2.05, 4.69) is 19.1 Å². The van der Waals surface area contributed by atoms with Crippen LogP contribution in [0, 0.1) is 5.82 Å². The predicted molar refractivity (Wildman–Crippen MR) is 111 cm³/mol. The Labute approximate surface area is 162 Å². The van der Waals surface area contributed by atoms with Crippen LogP contribution in [0.25, 0.3) is 16.7 Å². The third-order valence-electron chi connectivity index (χ3n) is 4.46. The van der Waals surface area contributed by atoms with Gasteiger partial charge in [0, 0.05) is 5.56 Å². The minimum absolute atomic E-state index is 0.0123. The quantitative estimate of drug-likeness (QED) is 0.425. The highest BCUT2D eigenvalue weighted by Gasteiger charge is 2.08.